The van der Waals surface area contributed by atoms with Crippen LogP contribution in [0.25, 0.3) is 0 Å². The molecule has 1 aromatic heterocycles. The molecule has 3 rings (SSSR count). The Hall–Kier alpha value is -3.42. The van der Waals surface area contributed by atoms with Gasteiger partial charge in [-0.1, -0.05) is 30.3 Å². The van der Waals surface area contributed by atoms with E-state index in [9.17, 15) is 13.6 Å². The molecule has 0 unspecified atom stereocenters. The zero-order chi connectivity index (χ0) is 20.5. The summed E-state index contributed by atoms with van der Waals surface area (Å²) in [5, 5.41) is 2.62. The smallest absolute Gasteiger partial charge is 0.319 e. The molecule has 1 amide bonds. The van der Waals surface area contributed by atoms with Crippen LogP contribution in [0.15, 0.2) is 67.0 Å². The summed E-state index contributed by atoms with van der Waals surface area (Å²) >= 11 is 0. The maximum Gasteiger partial charge on any atom is 0.319 e. The highest BCUT2D eigenvalue weighted by atomic mass is 19.3. The van der Waals surface area contributed by atoms with E-state index in [2.05, 4.69) is 10.3 Å². The SMILES string of the molecule is O=C(COc1ccc(OCc2ccccc2)cc1)NCCc1nccn1C(F)F. The molecule has 0 aliphatic heterocycles. The Morgan fingerprint density at radius 3 is 2.41 bits per heavy atom. The van der Waals surface area contributed by atoms with Crippen molar-refractivity contribution in [1.82, 2.24) is 14.9 Å². The summed E-state index contributed by atoms with van der Waals surface area (Å²) in [7, 11) is 0. The number of imidazole rings is 1. The van der Waals surface area contributed by atoms with Crippen molar-refractivity contribution in [3.05, 3.63) is 78.4 Å². The van der Waals surface area contributed by atoms with Gasteiger partial charge in [-0.05, 0) is 29.8 Å². The molecule has 0 atom stereocenters. The Balaban J connectivity index is 1.37. The van der Waals surface area contributed by atoms with Crippen LogP contribution in [0, 0.1) is 0 Å². The van der Waals surface area contributed by atoms with E-state index in [0.29, 0.717) is 18.1 Å². The number of rotatable bonds is 10. The number of amides is 1. The lowest BCUT2D eigenvalue weighted by Gasteiger charge is -2.10. The summed E-state index contributed by atoms with van der Waals surface area (Å²) < 4.78 is 37.3. The van der Waals surface area contributed by atoms with Gasteiger partial charge in [0.15, 0.2) is 6.61 Å². The molecule has 0 aliphatic carbocycles. The van der Waals surface area contributed by atoms with Gasteiger partial charge in [-0.3, -0.25) is 9.36 Å². The van der Waals surface area contributed by atoms with Crippen LogP contribution in [0.3, 0.4) is 0 Å². The van der Waals surface area contributed by atoms with E-state index < -0.39 is 6.55 Å². The van der Waals surface area contributed by atoms with E-state index >= 15 is 0 Å². The van der Waals surface area contributed by atoms with Crippen LogP contribution in [-0.4, -0.2) is 28.6 Å². The maximum atomic E-state index is 12.7. The van der Waals surface area contributed by atoms with Gasteiger partial charge in [0.25, 0.3) is 5.91 Å². The van der Waals surface area contributed by atoms with Gasteiger partial charge >= 0.3 is 6.55 Å². The molecular weight excluding hydrogens is 380 g/mol. The highest BCUT2D eigenvalue weighted by Gasteiger charge is 2.11. The fourth-order valence-corrected chi connectivity index (χ4v) is 2.60. The molecule has 0 aliphatic rings. The molecule has 0 radical (unpaired) electrons. The van der Waals surface area contributed by atoms with Crippen molar-refractivity contribution in [2.45, 2.75) is 19.6 Å². The monoisotopic (exact) mass is 401 g/mol. The minimum Gasteiger partial charge on any atom is -0.489 e. The first kappa shape index (κ1) is 20.3. The molecule has 0 saturated carbocycles. The first-order valence-corrected chi connectivity index (χ1v) is 9.08. The van der Waals surface area contributed by atoms with Crippen molar-refractivity contribution in [2.24, 2.45) is 0 Å². The van der Waals surface area contributed by atoms with Crippen molar-refractivity contribution in [3.63, 3.8) is 0 Å². The number of hydrogen-bond acceptors (Lipinski definition) is 4. The summed E-state index contributed by atoms with van der Waals surface area (Å²) in [5.41, 5.74) is 1.07. The number of benzene rings is 2. The number of nitrogens with zero attached hydrogens (tertiary/aromatic N) is 2. The topological polar surface area (TPSA) is 65.4 Å². The standard InChI is InChI=1S/C21H21F2N3O3/c22-21(23)26-13-12-24-19(26)10-11-25-20(27)15-29-18-8-6-17(7-9-18)28-14-16-4-2-1-3-5-16/h1-9,12-13,21H,10-11,14-15H2,(H,25,27). The second-order valence-corrected chi connectivity index (χ2v) is 6.16. The van der Waals surface area contributed by atoms with Gasteiger partial charge in [-0.15, -0.1) is 0 Å². The van der Waals surface area contributed by atoms with Crippen molar-refractivity contribution in [2.75, 3.05) is 13.2 Å². The molecular formula is C21H21F2N3O3. The second-order valence-electron chi connectivity index (χ2n) is 6.16. The number of hydrogen-bond donors (Lipinski definition) is 1. The lowest BCUT2D eigenvalue weighted by atomic mass is 10.2. The molecule has 29 heavy (non-hydrogen) atoms. The second kappa shape index (κ2) is 10.2. The van der Waals surface area contributed by atoms with Crippen LogP contribution in [0.4, 0.5) is 8.78 Å². The Bertz CT molecular complexity index is 899. The highest BCUT2D eigenvalue weighted by Crippen LogP contribution is 2.18. The minimum absolute atomic E-state index is 0.173. The van der Waals surface area contributed by atoms with E-state index in [-0.39, 0.29) is 31.3 Å². The molecule has 152 valence electrons. The molecule has 1 heterocycles. The van der Waals surface area contributed by atoms with Crippen molar-refractivity contribution < 1.29 is 23.0 Å². The number of carbonyl (C=O) groups excluding carboxylic acids is 1. The zero-order valence-corrected chi connectivity index (χ0v) is 15.6. The fourth-order valence-electron chi connectivity index (χ4n) is 2.60. The van der Waals surface area contributed by atoms with E-state index in [4.69, 9.17) is 9.47 Å². The lowest BCUT2D eigenvalue weighted by Crippen LogP contribution is -2.31. The third-order valence-corrected chi connectivity index (χ3v) is 4.07. The van der Waals surface area contributed by atoms with Crippen LogP contribution < -0.4 is 14.8 Å². The number of ether oxygens (including phenoxy) is 2. The maximum absolute atomic E-state index is 12.7. The predicted molar refractivity (Wildman–Crippen MR) is 103 cm³/mol. The molecule has 8 heteroatoms. The normalized spacial score (nSPS) is 10.7. The Kier molecular flexibility index (Phi) is 7.16. The fraction of sp³-hybridized carbons (Fsp3) is 0.238. The van der Waals surface area contributed by atoms with Crippen LogP contribution in [0.2, 0.25) is 0 Å². The number of alkyl halides is 2. The molecule has 6 nitrogen and oxygen atoms in total. The Morgan fingerprint density at radius 1 is 1.03 bits per heavy atom. The van der Waals surface area contributed by atoms with E-state index in [1.807, 2.05) is 30.3 Å². The number of nitrogens with one attached hydrogen (secondary N) is 1. The Morgan fingerprint density at radius 2 is 1.72 bits per heavy atom. The van der Waals surface area contributed by atoms with Crippen LogP contribution in [0.5, 0.6) is 11.5 Å². The summed E-state index contributed by atoms with van der Waals surface area (Å²) in [6.45, 7) is -2.16. The summed E-state index contributed by atoms with van der Waals surface area (Å²) in [4.78, 5) is 15.7. The van der Waals surface area contributed by atoms with Crippen LogP contribution in [-0.2, 0) is 17.8 Å². The third-order valence-electron chi connectivity index (χ3n) is 4.07. The zero-order valence-electron chi connectivity index (χ0n) is 15.6. The quantitative estimate of drug-likeness (QED) is 0.564. The summed E-state index contributed by atoms with van der Waals surface area (Å²) in [6, 6.07) is 16.8. The molecule has 0 bridgehead atoms. The minimum atomic E-state index is -2.65. The number of halogens is 2. The van der Waals surface area contributed by atoms with Gasteiger partial charge in [-0.2, -0.15) is 8.78 Å². The van der Waals surface area contributed by atoms with Gasteiger partial charge in [-0.25, -0.2) is 4.98 Å². The van der Waals surface area contributed by atoms with Crippen molar-refractivity contribution in [1.29, 1.82) is 0 Å². The van der Waals surface area contributed by atoms with Crippen molar-refractivity contribution in [3.8, 4) is 11.5 Å². The van der Waals surface area contributed by atoms with E-state index in [0.717, 1.165) is 10.1 Å². The van der Waals surface area contributed by atoms with Crippen LogP contribution in [0.1, 0.15) is 17.9 Å². The van der Waals surface area contributed by atoms with Gasteiger partial charge in [0.1, 0.15) is 23.9 Å². The average Bonchev–Trinajstić information content (AvgIpc) is 3.21. The van der Waals surface area contributed by atoms with Gasteiger partial charge in [0, 0.05) is 25.4 Å². The Labute approximate surface area is 167 Å². The first-order valence-electron chi connectivity index (χ1n) is 9.08. The summed E-state index contributed by atoms with van der Waals surface area (Å²) in [6.07, 6.45) is 2.72. The molecule has 0 spiro atoms. The van der Waals surface area contributed by atoms with Gasteiger partial charge < -0.3 is 14.8 Å². The number of aromatic nitrogens is 2. The first-order chi connectivity index (χ1) is 14.1. The average molecular weight is 401 g/mol. The van der Waals surface area contributed by atoms with Gasteiger partial charge in [0.05, 0.1) is 0 Å². The van der Waals surface area contributed by atoms with E-state index in [1.165, 1.54) is 12.4 Å². The van der Waals surface area contributed by atoms with Gasteiger partial charge in [0.2, 0.25) is 0 Å². The molecule has 1 N–H and O–H groups in total. The predicted octanol–water partition coefficient (Wildman–Crippen LogP) is 3.59. The lowest BCUT2D eigenvalue weighted by molar-refractivity contribution is -0.123. The number of carbonyl (C=O) groups is 1. The molecule has 2 aromatic carbocycles. The molecule has 3 aromatic rings. The summed E-state index contributed by atoms with van der Waals surface area (Å²) in [5.74, 6) is 1.09. The highest BCUT2D eigenvalue weighted by molar-refractivity contribution is 5.77. The van der Waals surface area contributed by atoms with E-state index in [1.54, 1.807) is 24.3 Å². The third kappa shape index (κ3) is 6.31. The van der Waals surface area contributed by atoms with Crippen molar-refractivity contribution >= 4 is 5.91 Å². The molecule has 0 saturated heterocycles. The molecule has 0 fully saturated rings. The van der Waals surface area contributed by atoms with Crippen LogP contribution >= 0.6 is 0 Å². The largest absolute Gasteiger partial charge is 0.489 e.